The summed E-state index contributed by atoms with van der Waals surface area (Å²) in [6.45, 7) is 0.0593. The van der Waals surface area contributed by atoms with E-state index in [9.17, 15) is 4.79 Å². The average Bonchev–Trinajstić information content (AvgIpc) is 2.95. The highest BCUT2D eigenvalue weighted by Crippen LogP contribution is 2.37. The first-order valence-electron chi connectivity index (χ1n) is 4.69. The molecule has 0 atom stereocenters. The number of nitrogens with one attached hydrogen (secondary N) is 1. The molecular formula is C9H12ClN3O2. The van der Waals surface area contributed by atoms with Gasteiger partial charge < -0.3 is 10.4 Å². The fourth-order valence-corrected chi connectivity index (χ4v) is 1.54. The van der Waals surface area contributed by atoms with E-state index >= 15 is 0 Å². The number of hydrogen-bond acceptors (Lipinski definition) is 4. The van der Waals surface area contributed by atoms with Crippen molar-refractivity contribution in [1.29, 1.82) is 0 Å². The Morgan fingerprint density at radius 2 is 2.40 bits per heavy atom. The van der Waals surface area contributed by atoms with Crippen LogP contribution in [-0.2, 0) is 7.05 Å². The van der Waals surface area contributed by atoms with Gasteiger partial charge in [-0.05, 0) is 12.8 Å². The van der Waals surface area contributed by atoms with Gasteiger partial charge in [-0.2, -0.15) is 5.10 Å². The second-order valence-electron chi connectivity index (χ2n) is 3.87. The molecule has 1 aliphatic rings. The summed E-state index contributed by atoms with van der Waals surface area (Å²) in [5.74, 6) is 0.580. The molecule has 82 valence electrons. The molecule has 2 rings (SSSR count). The molecule has 1 aromatic heterocycles. The zero-order valence-electron chi connectivity index (χ0n) is 8.33. The second-order valence-corrected chi connectivity index (χ2v) is 4.23. The second kappa shape index (κ2) is 3.50. The predicted molar refractivity (Wildman–Crippen MR) is 57.2 cm³/mol. The van der Waals surface area contributed by atoms with Crippen LogP contribution in [0.15, 0.2) is 10.9 Å². The summed E-state index contributed by atoms with van der Waals surface area (Å²) in [7, 11) is 1.70. The summed E-state index contributed by atoms with van der Waals surface area (Å²) in [6, 6.07) is 1.39. The zero-order chi connectivity index (χ0) is 11.1. The van der Waals surface area contributed by atoms with Gasteiger partial charge in [-0.15, -0.1) is 0 Å². The van der Waals surface area contributed by atoms with Crippen LogP contribution in [0.4, 0.5) is 5.82 Å². The van der Waals surface area contributed by atoms with Crippen LogP contribution in [0.5, 0.6) is 0 Å². The Hall–Kier alpha value is -1.07. The number of rotatable bonds is 3. The van der Waals surface area contributed by atoms with E-state index in [1.54, 1.807) is 7.05 Å². The van der Waals surface area contributed by atoms with Crippen LogP contribution in [0, 0.1) is 0 Å². The van der Waals surface area contributed by atoms with Crippen LogP contribution < -0.4 is 10.7 Å². The Bertz CT molecular complexity index is 439. The molecule has 0 unspecified atom stereocenters. The predicted octanol–water partition coefficient (Wildman–Crippen LogP) is 0.370. The van der Waals surface area contributed by atoms with Gasteiger partial charge in [0.15, 0.2) is 5.15 Å². The molecule has 0 saturated heterocycles. The third-order valence-corrected chi connectivity index (χ3v) is 2.87. The van der Waals surface area contributed by atoms with Crippen LogP contribution in [0.2, 0.25) is 5.15 Å². The van der Waals surface area contributed by atoms with Crippen molar-refractivity contribution in [3.8, 4) is 0 Å². The maximum Gasteiger partial charge on any atom is 0.221 e. The average molecular weight is 230 g/mol. The van der Waals surface area contributed by atoms with Gasteiger partial charge in [-0.1, -0.05) is 11.6 Å². The van der Waals surface area contributed by atoms with Crippen molar-refractivity contribution in [3.63, 3.8) is 0 Å². The third-order valence-electron chi connectivity index (χ3n) is 2.61. The largest absolute Gasteiger partial charge is 0.394 e. The van der Waals surface area contributed by atoms with Crippen molar-refractivity contribution in [3.05, 3.63) is 21.4 Å². The van der Waals surface area contributed by atoms with Crippen molar-refractivity contribution < 1.29 is 5.11 Å². The lowest BCUT2D eigenvalue weighted by Crippen LogP contribution is -2.29. The topological polar surface area (TPSA) is 67.2 Å². The Kier molecular flexibility index (Phi) is 2.44. The zero-order valence-corrected chi connectivity index (χ0v) is 9.08. The Labute approximate surface area is 91.7 Å². The molecule has 0 spiro atoms. The van der Waals surface area contributed by atoms with E-state index in [0.717, 1.165) is 12.8 Å². The molecule has 0 aromatic carbocycles. The summed E-state index contributed by atoms with van der Waals surface area (Å²) < 4.78 is 1.50. The van der Waals surface area contributed by atoms with Gasteiger partial charge >= 0.3 is 0 Å². The smallest absolute Gasteiger partial charge is 0.221 e. The highest BCUT2D eigenvalue weighted by atomic mass is 35.5. The summed E-state index contributed by atoms with van der Waals surface area (Å²) >= 11 is 5.59. The number of aliphatic hydroxyl groups is 1. The van der Waals surface area contributed by atoms with Crippen molar-refractivity contribution in [2.45, 2.75) is 18.4 Å². The molecule has 0 radical (unpaired) electrons. The molecule has 1 fully saturated rings. The van der Waals surface area contributed by atoms with Crippen LogP contribution >= 0.6 is 11.6 Å². The number of anilines is 1. The lowest BCUT2D eigenvalue weighted by molar-refractivity contribution is 0.265. The van der Waals surface area contributed by atoms with Crippen LogP contribution in [-0.4, -0.2) is 27.0 Å². The number of nitrogens with zero attached hydrogens (tertiary/aromatic N) is 2. The summed E-state index contributed by atoms with van der Waals surface area (Å²) in [6.07, 6.45) is 1.81. The molecule has 1 heterocycles. The molecule has 15 heavy (non-hydrogen) atoms. The molecule has 0 bridgehead atoms. The number of hydrogen-bond donors (Lipinski definition) is 2. The summed E-state index contributed by atoms with van der Waals surface area (Å²) in [5.41, 5.74) is -0.578. The van der Waals surface area contributed by atoms with Gasteiger partial charge in [0.25, 0.3) is 0 Å². The normalized spacial score (nSPS) is 17.5. The van der Waals surface area contributed by atoms with Crippen LogP contribution in [0.3, 0.4) is 0 Å². The quantitative estimate of drug-likeness (QED) is 0.786. The minimum atomic E-state index is -0.314. The first kappa shape index (κ1) is 10.4. The molecule has 1 saturated carbocycles. The molecule has 5 nitrogen and oxygen atoms in total. The lowest BCUT2D eigenvalue weighted by atomic mass is 10.3. The van der Waals surface area contributed by atoms with Gasteiger partial charge in [0.2, 0.25) is 5.43 Å². The van der Waals surface area contributed by atoms with Crippen LogP contribution in [0.25, 0.3) is 0 Å². The van der Waals surface area contributed by atoms with Gasteiger partial charge in [-0.25, -0.2) is 0 Å². The number of aryl methyl sites for hydroxylation is 1. The van der Waals surface area contributed by atoms with Gasteiger partial charge in [0.05, 0.1) is 12.1 Å². The van der Waals surface area contributed by atoms with E-state index in [0.29, 0.717) is 5.82 Å². The standard InChI is InChI=1S/C9H12ClN3O2/c1-13-7(4-6(15)8(10)12-13)11-9(5-14)2-3-9/h4,11,14H,2-3,5H2,1H3. The first-order valence-corrected chi connectivity index (χ1v) is 5.07. The van der Waals surface area contributed by atoms with Gasteiger partial charge in [0.1, 0.15) is 5.82 Å². The molecule has 6 heteroatoms. The van der Waals surface area contributed by atoms with Crippen molar-refractivity contribution in [1.82, 2.24) is 9.78 Å². The van der Waals surface area contributed by atoms with Crippen molar-refractivity contribution >= 4 is 17.4 Å². The molecule has 1 aliphatic carbocycles. The highest BCUT2D eigenvalue weighted by Gasteiger charge is 2.42. The first-order chi connectivity index (χ1) is 7.06. The van der Waals surface area contributed by atoms with Gasteiger partial charge in [-0.3, -0.25) is 9.48 Å². The minimum absolute atomic E-state index is 0.0445. The summed E-state index contributed by atoms with van der Waals surface area (Å²) in [4.78, 5) is 11.3. The molecule has 2 N–H and O–H groups in total. The fourth-order valence-electron chi connectivity index (χ4n) is 1.37. The van der Waals surface area contributed by atoms with E-state index in [1.165, 1.54) is 10.7 Å². The minimum Gasteiger partial charge on any atom is -0.394 e. The lowest BCUT2D eigenvalue weighted by Gasteiger charge is -2.17. The monoisotopic (exact) mass is 229 g/mol. The number of halogens is 1. The maximum atomic E-state index is 11.3. The number of aliphatic hydroxyl groups excluding tert-OH is 1. The van der Waals surface area contributed by atoms with E-state index in [-0.39, 0.29) is 22.7 Å². The maximum absolute atomic E-state index is 11.3. The summed E-state index contributed by atoms with van der Waals surface area (Å²) in [5, 5.41) is 16.0. The molecule has 0 aliphatic heterocycles. The van der Waals surface area contributed by atoms with Crippen molar-refractivity contribution in [2.24, 2.45) is 7.05 Å². The SMILES string of the molecule is Cn1nc(Cl)c(=O)cc1NC1(CO)CC1. The van der Waals surface area contributed by atoms with Crippen LogP contribution in [0.1, 0.15) is 12.8 Å². The van der Waals surface area contributed by atoms with E-state index in [4.69, 9.17) is 16.7 Å². The molecule has 0 amide bonds. The van der Waals surface area contributed by atoms with Gasteiger partial charge in [0, 0.05) is 13.1 Å². The Morgan fingerprint density at radius 3 is 2.93 bits per heavy atom. The van der Waals surface area contributed by atoms with E-state index in [2.05, 4.69) is 10.4 Å². The highest BCUT2D eigenvalue weighted by molar-refractivity contribution is 6.29. The number of aromatic nitrogens is 2. The molecular weight excluding hydrogens is 218 g/mol. The fraction of sp³-hybridized carbons (Fsp3) is 0.556. The Balaban J connectivity index is 2.29. The van der Waals surface area contributed by atoms with Crippen molar-refractivity contribution in [2.75, 3.05) is 11.9 Å². The Morgan fingerprint density at radius 1 is 1.73 bits per heavy atom. The van der Waals surface area contributed by atoms with E-state index in [1.807, 2.05) is 0 Å². The molecule has 1 aromatic rings. The van der Waals surface area contributed by atoms with E-state index < -0.39 is 0 Å². The third kappa shape index (κ3) is 1.98.